The number of fused-ring (bicyclic) bond motifs is 1. The number of para-hydroxylation sites is 1. The van der Waals surface area contributed by atoms with Crippen LogP contribution in [0.3, 0.4) is 0 Å². The van der Waals surface area contributed by atoms with Gasteiger partial charge in [0, 0.05) is 40.7 Å². The number of hydrogen-bond acceptors (Lipinski definition) is 7. The van der Waals surface area contributed by atoms with Crippen molar-refractivity contribution in [1.82, 2.24) is 24.7 Å². The highest BCUT2D eigenvalue weighted by atomic mass is 19.1. The number of rotatable bonds is 8. The van der Waals surface area contributed by atoms with Crippen LogP contribution in [0.1, 0.15) is 24.1 Å². The van der Waals surface area contributed by atoms with Gasteiger partial charge in [0.1, 0.15) is 23.1 Å². The van der Waals surface area contributed by atoms with Crippen molar-refractivity contribution in [3.63, 3.8) is 0 Å². The molecule has 1 aliphatic carbocycles. The minimum absolute atomic E-state index is 0.120. The van der Waals surface area contributed by atoms with Crippen LogP contribution >= 0.6 is 0 Å². The third-order valence-corrected chi connectivity index (χ3v) is 6.40. The maximum Gasteiger partial charge on any atom is 0.183 e. The molecular formula is C28H24F2N6O2. The second-order valence-electron chi connectivity index (χ2n) is 9.38. The van der Waals surface area contributed by atoms with Crippen LogP contribution in [0.4, 0.5) is 20.3 Å². The molecule has 2 aromatic carbocycles. The fourth-order valence-electron chi connectivity index (χ4n) is 4.22. The second-order valence-corrected chi connectivity index (χ2v) is 9.38. The smallest absolute Gasteiger partial charge is 0.183 e. The minimum atomic E-state index is -0.697. The Morgan fingerprint density at radius 1 is 1.08 bits per heavy atom. The van der Waals surface area contributed by atoms with E-state index in [1.807, 2.05) is 37.3 Å². The number of anilines is 2. The van der Waals surface area contributed by atoms with Gasteiger partial charge in [-0.2, -0.15) is 5.10 Å². The van der Waals surface area contributed by atoms with Crippen LogP contribution in [0.25, 0.3) is 22.4 Å². The summed E-state index contributed by atoms with van der Waals surface area (Å²) in [6.45, 7) is 2.19. The molecule has 0 saturated heterocycles. The monoisotopic (exact) mass is 514 g/mol. The topological polar surface area (TPSA) is 98.0 Å². The molecule has 0 spiro atoms. The first-order valence-electron chi connectivity index (χ1n) is 12.3. The quantitative estimate of drug-likeness (QED) is 0.272. The van der Waals surface area contributed by atoms with Gasteiger partial charge in [-0.05, 0) is 43.9 Å². The Labute approximate surface area is 217 Å². The van der Waals surface area contributed by atoms with Crippen LogP contribution in [-0.4, -0.2) is 36.4 Å². The van der Waals surface area contributed by atoms with Crippen molar-refractivity contribution < 1.29 is 18.6 Å². The summed E-state index contributed by atoms with van der Waals surface area (Å²) >= 11 is 0. The van der Waals surface area contributed by atoms with Crippen LogP contribution in [0.5, 0.6) is 11.5 Å². The highest BCUT2D eigenvalue weighted by Crippen LogP contribution is 2.32. The first-order chi connectivity index (χ1) is 18.4. The van der Waals surface area contributed by atoms with Crippen molar-refractivity contribution in [2.24, 2.45) is 5.92 Å². The molecule has 2 N–H and O–H groups in total. The fourth-order valence-corrected chi connectivity index (χ4v) is 4.22. The zero-order valence-electron chi connectivity index (χ0n) is 20.5. The van der Waals surface area contributed by atoms with Gasteiger partial charge in [0.25, 0.3) is 0 Å². The van der Waals surface area contributed by atoms with E-state index in [4.69, 9.17) is 4.74 Å². The summed E-state index contributed by atoms with van der Waals surface area (Å²) in [5.41, 5.74) is 2.45. The van der Waals surface area contributed by atoms with Crippen LogP contribution in [0.15, 0.2) is 60.9 Å². The van der Waals surface area contributed by atoms with Gasteiger partial charge in [0.05, 0.1) is 24.9 Å². The molecule has 0 aliphatic heterocycles. The molecule has 5 aromatic rings. The first kappa shape index (κ1) is 23.8. The standard InChI is InChI=1S/C28H24F2N6O2/c1-16-10-18(8-9-31-16)33-27-25(37)13-32-28(34-27)26-20-4-2-3-5-24(20)36(35-26)14-21-22(29)11-19(12-23(21)30)38-15-17-6-7-17/h2-5,8-13,17,37H,6-7,14-15H2,1H3,(H,31,32,33,34). The lowest BCUT2D eigenvalue weighted by atomic mass is 10.1. The maximum absolute atomic E-state index is 15.0. The number of hydrogen-bond donors (Lipinski definition) is 2. The number of aromatic hydroxyl groups is 1. The van der Waals surface area contributed by atoms with Crippen molar-refractivity contribution >= 4 is 22.4 Å². The number of aromatic nitrogens is 5. The fraction of sp³-hybridized carbons (Fsp3) is 0.214. The summed E-state index contributed by atoms with van der Waals surface area (Å²) in [5, 5.41) is 18.8. The van der Waals surface area contributed by atoms with E-state index in [0.717, 1.165) is 18.5 Å². The summed E-state index contributed by atoms with van der Waals surface area (Å²) in [5.74, 6) is -0.437. The zero-order chi connectivity index (χ0) is 26.2. The van der Waals surface area contributed by atoms with Gasteiger partial charge in [-0.1, -0.05) is 18.2 Å². The molecule has 0 unspecified atom stereocenters. The molecule has 1 saturated carbocycles. The summed E-state index contributed by atoms with van der Waals surface area (Å²) in [6.07, 6.45) is 5.11. The van der Waals surface area contributed by atoms with Gasteiger partial charge >= 0.3 is 0 Å². The lowest BCUT2D eigenvalue weighted by Gasteiger charge is -2.10. The summed E-state index contributed by atoms with van der Waals surface area (Å²) < 4.78 is 37.0. The molecule has 6 rings (SSSR count). The Morgan fingerprint density at radius 2 is 1.87 bits per heavy atom. The van der Waals surface area contributed by atoms with Crippen molar-refractivity contribution in [3.05, 3.63) is 83.8 Å². The van der Waals surface area contributed by atoms with E-state index in [1.54, 1.807) is 12.3 Å². The lowest BCUT2D eigenvalue weighted by molar-refractivity contribution is 0.296. The van der Waals surface area contributed by atoms with Gasteiger partial charge in [-0.3, -0.25) is 9.67 Å². The van der Waals surface area contributed by atoms with Crippen LogP contribution in [0, 0.1) is 24.5 Å². The normalized spacial score (nSPS) is 13.1. The molecule has 0 radical (unpaired) electrons. The van der Waals surface area contributed by atoms with E-state index >= 15 is 0 Å². The number of aryl methyl sites for hydroxylation is 1. The van der Waals surface area contributed by atoms with E-state index in [-0.39, 0.29) is 35.2 Å². The van der Waals surface area contributed by atoms with E-state index in [0.29, 0.717) is 34.8 Å². The average Bonchev–Trinajstić information content (AvgIpc) is 3.66. The Hall–Kier alpha value is -4.60. The SMILES string of the molecule is Cc1cc(Nc2nc(-c3nn(Cc4c(F)cc(OCC5CC5)cc4F)c4ccccc34)ncc2O)ccn1. The van der Waals surface area contributed by atoms with Gasteiger partial charge in [0.15, 0.2) is 17.4 Å². The van der Waals surface area contributed by atoms with E-state index in [2.05, 4.69) is 25.4 Å². The van der Waals surface area contributed by atoms with Gasteiger partial charge in [-0.25, -0.2) is 18.7 Å². The molecular weight excluding hydrogens is 490 g/mol. The molecule has 3 aromatic heterocycles. The minimum Gasteiger partial charge on any atom is -0.503 e. The van der Waals surface area contributed by atoms with Gasteiger partial charge in [0.2, 0.25) is 0 Å². The van der Waals surface area contributed by atoms with Crippen molar-refractivity contribution in [1.29, 1.82) is 0 Å². The van der Waals surface area contributed by atoms with Crippen LogP contribution < -0.4 is 10.1 Å². The summed E-state index contributed by atoms with van der Waals surface area (Å²) in [6, 6.07) is 13.3. The van der Waals surface area contributed by atoms with Gasteiger partial charge < -0.3 is 15.2 Å². The van der Waals surface area contributed by atoms with Crippen LogP contribution in [-0.2, 0) is 6.54 Å². The first-order valence-corrected chi connectivity index (χ1v) is 12.3. The number of halogens is 2. The Morgan fingerprint density at radius 3 is 2.63 bits per heavy atom. The second kappa shape index (κ2) is 9.70. The number of pyridine rings is 1. The van der Waals surface area contributed by atoms with Crippen molar-refractivity contribution in [2.75, 3.05) is 11.9 Å². The molecule has 10 heteroatoms. The highest BCUT2D eigenvalue weighted by Gasteiger charge is 2.23. The molecule has 3 heterocycles. The van der Waals surface area contributed by atoms with E-state index in [9.17, 15) is 13.9 Å². The van der Waals surface area contributed by atoms with Crippen molar-refractivity contribution in [2.45, 2.75) is 26.3 Å². The predicted octanol–water partition coefficient (Wildman–Crippen LogP) is 5.76. The van der Waals surface area contributed by atoms with Crippen LogP contribution in [0.2, 0.25) is 0 Å². The molecule has 1 aliphatic rings. The molecule has 0 atom stereocenters. The molecule has 38 heavy (non-hydrogen) atoms. The van der Waals surface area contributed by atoms with Crippen molar-refractivity contribution in [3.8, 4) is 23.0 Å². The zero-order valence-corrected chi connectivity index (χ0v) is 20.5. The van der Waals surface area contributed by atoms with E-state index in [1.165, 1.54) is 23.0 Å². The maximum atomic E-state index is 15.0. The Balaban J connectivity index is 1.34. The predicted molar refractivity (Wildman–Crippen MR) is 138 cm³/mol. The van der Waals surface area contributed by atoms with Gasteiger partial charge in [-0.15, -0.1) is 0 Å². The number of benzene rings is 2. The molecule has 1 fully saturated rings. The largest absolute Gasteiger partial charge is 0.503 e. The molecule has 0 bridgehead atoms. The summed E-state index contributed by atoms with van der Waals surface area (Å²) in [4.78, 5) is 12.9. The Bertz CT molecular complexity index is 1630. The third-order valence-electron chi connectivity index (χ3n) is 6.40. The number of nitrogens with zero attached hydrogens (tertiary/aromatic N) is 5. The Kier molecular flexibility index (Phi) is 6.07. The summed E-state index contributed by atoms with van der Waals surface area (Å²) in [7, 11) is 0. The van der Waals surface area contributed by atoms with E-state index < -0.39 is 11.6 Å². The lowest BCUT2D eigenvalue weighted by Crippen LogP contribution is -2.08. The average molecular weight is 515 g/mol. The number of ether oxygens (including phenoxy) is 1. The molecule has 0 amide bonds. The highest BCUT2D eigenvalue weighted by molar-refractivity contribution is 5.92. The molecule has 192 valence electrons. The number of nitrogens with one attached hydrogen (secondary N) is 1. The molecule has 8 nitrogen and oxygen atoms in total. The third kappa shape index (κ3) is 4.84.